The molecule has 0 amide bonds. The van der Waals surface area contributed by atoms with Crippen LogP contribution in [0.3, 0.4) is 0 Å². The average molecular weight is 244 g/mol. The third-order valence-corrected chi connectivity index (χ3v) is 3.14. The van der Waals surface area contributed by atoms with Crippen molar-refractivity contribution in [1.29, 1.82) is 0 Å². The Morgan fingerprint density at radius 3 is 2.39 bits per heavy atom. The lowest BCUT2D eigenvalue weighted by Crippen LogP contribution is -2.04. The molecule has 0 radical (unpaired) electrons. The normalized spacial score (nSPS) is 12.4. The molecule has 0 bridgehead atoms. The number of aryl methyl sites for hydroxylation is 2. The van der Waals surface area contributed by atoms with Crippen molar-refractivity contribution in [3.63, 3.8) is 0 Å². The summed E-state index contributed by atoms with van der Waals surface area (Å²) in [7, 11) is 0. The van der Waals surface area contributed by atoms with Crippen molar-refractivity contribution in [2.24, 2.45) is 0 Å². The second kappa shape index (κ2) is 5.32. The molecule has 0 spiro atoms. The highest BCUT2D eigenvalue weighted by molar-refractivity contribution is 5.33. The van der Waals surface area contributed by atoms with E-state index in [0.29, 0.717) is 6.42 Å². The quantitative estimate of drug-likeness (QED) is 0.872. The van der Waals surface area contributed by atoms with Gasteiger partial charge in [-0.25, -0.2) is 4.39 Å². The van der Waals surface area contributed by atoms with Gasteiger partial charge in [0.25, 0.3) is 0 Å². The zero-order valence-electron chi connectivity index (χ0n) is 10.7. The number of benzene rings is 2. The monoisotopic (exact) mass is 244 g/mol. The summed E-state index contributed by atoms with van der Waals surface area (Å²) in [5.41, 5.74) is 4.09. The minimum absolute atomic E-state index is 0.250. The first-order chi connectivity index (χ1) is 8.56. The van der Waals surface area contributed by atoms with Crippen LogP contribution >= 0.6 is 0 Å². The molecule has 1 nitrogen and oxygen atoms in total. The molecule has 2 heteroatoms. The Bertz CT molecular complexity index is 531. The van der Waals surface area contributed by atoms with Crippen molar-refractivity contribution in [3.8, 4) is 0 Å². The van der Waals surface area contributed by atoms with Crippen LogP contribution < -0.4 is 0 Å². The highest BCUT2D eigenvalue weighted by atomic mass is 19.1. The van der Waals surface area contributed by atoms with Gasteiger partial charge in [-0.3, -0.25) is 0 Å². The number of hydrogen-bond acceptors (Lipinski definition) is 1. The van der Waals surface area contributed by atoms with Crippen LogP contribution in [0.2, 0.25) is 0 Å². The molecule has 1 unspecified atom stereocenters. The maximum absolute atomic E-state index is 12.8. The van der Waals surface area contributed by atoms with E-state index in [1.165, 1.54) is 12.1 Å². The van der Waals surface area contributed by atoms with Crippen molar-refractivity contribution in [2.75, 3.05) is 0 Å². The van der Waals surface area contributed by atoms with Gasteiger partial charge >= 0.3 is 0 Å². The van der Waals surface area contributed by atoms with Gasteiger partial charge in [-0.15, -0.1) is 0 Å². The van der Waals surface area contributed by atoms with E-state index < -0.39 is 6.10 Å². The molecular formula is C16H17FO. The van der Waals surface area contributed by atoms with Gasteiger partial charge in [-0.2, -0.15) is 0 Å². The Hall–Kier alpha value is -1.67. The van der Waals surface area contributed by atoms with Gasteiger partial charge < -0.3 is 5.11 Å². The average Bonchev–Trinajstić information content (AvgIpc) is 2.35. The SMILES string of the molecule is Cc1ccc(C)c(C(O)Cc2ccc(F)cc2)c1. The van der Waals surface area contributed by atoms with E-state index in [1.54, 1.807) is 12.1 Å². The first kappa shape index (κ1) is 12.8. The van der Waals surface area contributed by atoms with E-state index in [4.69, 9.17) is 0 Å². The predicted molar refractivity (Wildman–Crippen MR) is 71.0 cm³/mol. The lowest BCUT2D eigenvalue weighted by atomic mass is 9.96. The van der Waals surface area contributed by atoms with E-state index in [2.05, 4.69) is 0 Å². The van der Waals surface area contributed by atoms with Gasteiger partial charge in [0.2, 0.25) is 0 Å². The first-order valence-electron chi connectivity index (χ1n) is 6.06. The van der Waals surface area contributed by atoms with E-state index in [0.717, 1.165) is 22.3 Å². The zero-order valence-corrected chi connectivity index (χ0v) is 10.7. The first-order valence-corrected chi connectivity index (χ1v) is 6.06. The van der Waals surface area contributed by atoms with Gasteiger partial charge in [-0.05, 0) is 42.7 Å². The summed E-state index contributed by atoms with van der Waals surface area (Å²) in [5, 5.41) is 10.3. The summed E-state index contributed by atoms with van der Waals surface area (Å²) in [5.74, 6) is -0.250. The van der Waals surface area contributed by atoms with Crippen molar-refractivity contribution >= 4 is 0 Å². The summed E-state index contributed by atoms with van der Waals surface area (Å²) in [4.78, 5) is 0. The minimum atomic E-state index is -0.546. The molecule has 0 saturated carbocycles. The van der Waals surface area contributed by atoms with Gasteiger partial charge in [0.05, 0.1) is 6.10 Å². The fraction of sp³-hybridized carbons (Fsp3) is 0.250. The van der Waals surface area contributed by atoms with Crippen LogP contribution in [0.1, 0.15) is 28.4 Å². The Morgan fingerprint density at radius 2 is 1.72 bits per heavy atom. The van der Waals surface area contributed by atoms with Gasteiger partial charge in [0.1, 0.15) is 5.82 Å². The lowest BCUT2D eigenvalue weighted by molar-refractivity contribution is 0.177. The summed E-state index contributed by atoms with van der Waals surface area (Å²) >= 11 is 0. The Kier molecular flexibility index (Phi) is 3.78. The standard InChI is InChI=1S/C16H17FO/c1-11-3-4-12(2)15(9-11)16(18)10-13-5-7-14(17)8-6-13/h3-9,16,18H,10H2,1-2H3. The van der Waals surface area contributed by atoms with Crippen molar-refractivity contribution < 1.29 is 9.50 Å². The van der Waals surface area contributed by atoms with Crippen molar-refractivity contribution in [2.45, 2.75) is 26.4 Å². The number of hydrogen-bond donors (Lipinski definition) is 1. The van der Waals surface area contributed by atoms with Crippen LogP contribution in [0.5, 0.6) is 0 Å². The molecule has 0 heterocycles. The smallest absolute Gasteiger partial charge is 0.123 e. The molecule has 0 aliphatic heterocycles. The third-order valence-electron chi connectivity index (χ3n) is 3.14. The Labute approximate surface area is 107 Å². The van der Waals surface area contributed by atoms with Crippen LogP contribution in [0.4, 0.5) is 4.39 Å². The van der Waals surface area contributed by atoms with Crippen molar-refractivity contribution in [3.05, 3.63) is 70.5 Å². The van der Waals surface area contributed by atoms with Crippen LogP contribution in [-0.4, -0.2) is 5.11 Å². The summed E-state index contributed by atoms with van der Waals surface area (Å²) in [6.45, 7) is 4.00. The molecule has 18 heavy (non-hydrogen) atoms. The lowest BCUT2D eigenvalue weighted by Gasteiger charge is -2.14. The van der Waals surface area contributed by atoms with E-state index in [1.807, 2.05) is 32.0 Å². The molecule has 2 aromatic carbocycles. The van der Waals surface area contributed by atoms with Crippen LogP contribution in [0, 0.1) is 19.7 Å². The summed E-state index contributed by atoms with van der Waals surface area (Å²) in [6.07, 6.45) is -0.0414. The van der Waals surface area contributed by atoms with E-state index >= 15 is 0 Å². The van der Waals surface area contributed by atoms with Gasteiger partial charge in [0.15, 0.2) is 0 Å². The highest BCUT2D eigenvalue weighted by Crippen LogP contribution is 2.22. The topological polar surface area (TPSA) is 20.2 Å². The summed E-state index contributed by atoms with van der Waals surface area (Å²) < 4.78 is 12.8. The molecule has 0 saturated heterocycles. The molecule has 2 aromatic rings. The largest absolute Gasteiger partial charge is 0.388 e. The third kappa shape index (κ3) is 2.96. The van der Waals surface area contributed by atoms with Crippen LogP contribution in [0.25, 0.3) is 0 Å². The minimum Gasteiger partial charge on any atom is -0.388 e. The highest BCUT2D eigenvalue weighted by Gasteiger charge is 2.11. The van der Waals surface area contributed by atoms with Crippen molar-refractivity contribution in [1.82, 2.24) is 0 Å². The number of aliphatic hydroxyl groups excluding tert-OH is 1. The zero-order chi connectivity index (χ0) is 13.1. The molecular weight excluding hydrogens is 227 g/mol. The Balaban J connectivity index is 2.18. The molecule has 0 aromatic heterocycles. The number of aliphatic hydroxyl groups is 1. The molecule has 2 rings (SSSR count). The second-order valence-electron chi connectivity index (χ2n) is 4.71. The molecule has 0 fully saturated rings. The number of halogens is 1. The number of rotatable bonds is 3. The molecule has 0 aliphatic carbocycles. The van der Waals surface area contributed by atoms with Gasteiger partial charge in [-0.1, -0.05) is 35.9 Å². The summed E-state index contributed by atoms with van der Waals surface area (Å²) in [6, 6.07) is 12.3. The fourth-order valence-electron chi connectivity index (χ4n) is 2.07. The molecule has 94 valence electrons. The van der Waals surface area contributed by atoms with E-state index in [-0.39, 0.29) is 5.82 Å². The van der Waals surface area contributed by atoms with Gasteiger partial charge in [0, 0.05) is 6.42 Å². The molecule has 1 N–H and O–H groups in total. The second-order valence-corrected chi connectivity index (χ2v) is 4.71. The Morgan fingerprint density at radius 1 is 1.06 bits per heavy atom. The van der Waals surface area contributed by atoms with Crippen LogP contribution in [0.15, 0.2) is 42.5 Å². The molecule has 0 aliphatic rings. The molecule has 1 atom stereocenters. The van der Waals surface area contributed by atoms with Crippen LogP contribution in [-0.2, 0) is 6.42 Å². The van der Waals surface area contributed by atoms with E-state index in [9.17, 15) is 9.50 Å². The fourth-order valence-corrected chi connectivity index (χ4v) is 2.07. The maximum atomic E-state index is 12.8. The predicted octanol–water partition coefficient (Wildman–Crippen LogP) is 3.72. The maximum Gasteiger partial charge on any atom is 0.123 e.